The van der Waals surface area contributed by atoms with E-state index in [9.17, 15) is 5.11 Å². The van der Waals surface area contributed by atoms with E-state index in [4.69, 9.17) is 16.3 Å². The number of aliphatic hydroxyl groups is 1. The third kappa shape index (κ3) is 6.25. The Bertz CT molecular complexity index is 604. The molecule has 0 heterocycles. The van der Waals surface area contributed by atoms with Gasteiger partial charge in [0.25, 0.3) is 0 Å². The average molecular weight is 348 g/mol. The minimum Gasteiger partial charge on any atom is -0.389 e. The first-order chi connectivity index (χ1) is 11.6. The average Bonchev–Trinajstić information content (AvgIpc) is 2.57. The quantitative estimate of drug-likeness (QED) is 0.740. The van der Waals surface area contributed by atoms with Crippen LogP contribution in [-0.4, -0.2) is 35.3 Å². The number of benzene rings is 2. The van der Waals surface area contributed by atoms with Gasteiger partial charge in [-0.25, -0.2) is 0 Å². The van der Waals surface area contributed by atoms with Crippen molar-refractivity contribution < 1.29 is 9.84 Å². The van der Waals surface area contributed by atoms with E-state index in [1.165, 1.54) is 5.56 Å². The van der Waals surface area contributed by atoms with Gasteiger partial charge in [-0.3, -0.25) is 4.90 Å². The van der Waals surface area contributed by atoms with Crippen LogP contribution < -0.4 is 0 Å². The van der Waals surface area contributed by atoms with Gasteiger partial charge >= 0.3 is 0 Å². The van der Waals surface area contributed by atoms with Crippen LogP contribution >= 0.6 is 11.6 Å². The fraction of sp³-hybridized carbons (Fsp3) is 0.400. The molecule has 0 saturated carbocycles. The predicted octanol–water partition coefficient (Wildman–Crippen LogP) is 4.13. The molecule has 4 heteroatoms. The third-order valence-electron chi connectivity index (χ3n) is 3.93. The number of rotatable bonds is 9. The van der Waals surface area contributed by atoms with Crippen LogP contribution in [-0.2, 0) is 17.9 Å². The lowest BCUT2D eigenvalue weighted by Gasteiger charge is -2.28. The molecule has 0 aliphatic carbocycles. The molecule has 130 valence electrons. The maximum absolute atomic E-state index is 10.3. The molecule has 0 aromatic heterocycles. The summed E-state index contributed by atoms with van der Waals surface area (Å²) in [5.74, 6) is 0. The van der Waals surface area contributed by atoms with Gasteiger partial charge in [-0.15, -0.1) is 0 Å². The van der Waals surface area contributed by atoms with E-state index in [1.807, 2.05) is 42.5 Å². The van der Waals surface area contributed by atoms with Crippen molar-refractivity contribution in [2.75, 3.05) is 13.2 Å². The predicted molar refractivity (Wildman–Crippen MR) is 99.1 cm³/mol. The molecule has 2 aromatic rings. The number of hydrogen-bond donors (Lipinski definition) is 1. The maximum atomic E-state index is 10.3. The Hall–Kier alpha value is -1.39. The van der Waals surface area contributed by atoms with Gasteiger partial charge in [-0.05, 0) is 31.0 Å². The van der Waals surface area contributed by atoms with E-state index < -0.39 is 6.10 Å². The molecule has 3 nitrogen and oxygen atoms in total. The van der Waals surface area contributed by atoms with Gasteiger partial charge < -0.3 is 9.84 Å². The summed E-state index contributed by atoms with van der Waals surface area (Å²) in [7, 11) is 0. The van der Waals surface area contributed by atoms with Crippen molar-refractivity contribution in [3.63, 3.8) is 0 Å². The summed E-state index contributed by atoms with van der Waals surface area (Å²) in [6, 6.07) is 18.3. The van der Waals surface area contributed by atoms with Gasteiger partial charge in [0.15, 0.2) is 0 Å². The van der Waals surface area contributed by atoms with Crippen molar-refractivity contribution in [3.05, 3.63) is 70.7 Å². The number of halogens is 1. The molecule has 2 rings (SSSR count). The fourth-order valence-electron chi connectivity index (χ4n) is 2.52. The topological polar surface area (TPSA) is 32.7 Å². The Morgan fingerprint density at radius 2 is 1.71 bits per heavy atom. The molecule has 1 atom stereocenters. The normalized spacial score (nSPS) is 12.8. The number of ether oxygens (including phenoxy) is 1. The SMILES string of the molecule is CC(C)N(Cc1ccccc1)C[C@@H](O)COCc1ccccc1Cl. The Morgan fingerprint density at radius 1 is 1.04 bits per heavy atom. The van der Waals surface area contributed by atoms with E-state index in [2.05, 4.69) is 30.9 Å². The fourth-order valence-corrected chi connectivity index (χ4v) is 2.71. The van der Waals surface area contributed by atoms with E-state index in [-0.39, 0.29) is 0 Å². The van der Waals surface area contributed by atoms with E-state index in [1.54, 1.807) is 0 Å². The molecule has 0 bridgehead atoms. The Balaban J connectivity index is 1.80. The number of aliphatic hydroxyl groups excluding tert-OH is 1. The summed E-state index contributed by atoms with van der Waals surface area (Å²) >= 11 is 6.10. The summed E-state index contributed by atoms with van der Waals surface area (Å²) in [6.07, 6.45) is -0.529. The van der Waals surface area contributed by atoms with Crippen LogP contribution in [0.4, 0.5) is 0 Å². The van der Waals surface area contributed by atoms with Crippen LogP contribution in [0.2, 0.25) is 5.02 Å². The highest BCUT2D eigenvalue weighted by Gasteiger charge is 2.15. The molecule has 2 aromatic carbocycles. The minimum atomic E-state index is -0.529. The Morgan fingerprint density at radius 3 is 2.38 bits per heavy atom. The summed E-state index contributed by atoms with van der Waals surface area (Å²) in [5, 5.41) is 11.0. The second-order valence-corrected chi connectivity index (χ2v) is 6.68. The highest BCUT2D eigenvalue weighted by atomic mass is 35.5. The largest absolute Gasteiger partial charge is 0.389 e. The Kier molecular flexibility index (Phi) is 7.73. The summed E-state index contributed by atoms with van der Waals surface area (Å²) in [6.45, 7) is 6.38. The lowest BCUT2D eigenvalue weighted by atomic mass is 10.1. The highest BCUT2D eigenvalue weighted by molar-refractivity contribution is 6.31. The van der Waals surface area contributed by atoms with Crippen molar-refractivity contribution >= 4 is 11.6 Å². The van der Waals surface area contributed by atoms with Crippen molar-refractivity contribution in [1.29, 1.82) is 0 Å². The summed E-state index contributed by atoms with van der Waals surface area (Å²) < 4.78 is 5.63. The second kappa shape index (κ2) is 9.80. The molecule has 0 aliphatic heterocycles. The second-order valence-electron chi connectivity index (χ2n) is 6.27. The zero-order valence-corrected chi connectivity index (χ0v) is 15.1. The third-order valence-corrected chi connectivity index (χ3v) is 4.30. The maximum Gasteiger partial charge on any atom is 0.0900 e. The van der Waals surface area contributed by atoms with Crippen LogP contribution in [0, 0.1) is 0 Å². The van der Waals surface area contributed by atoms with E-state index in [0.717, 1.165) is 12.1 Å². The van der Waals surface area contributed by atoms with Crippen molar-refractivity contribution in [3.8, 4) is 0 Å². The zero-order valence-electron chi connectivity index (χ0n) is 14.4. The molecular weight excluding hydrogens is 322 g/mol. The van der Waals surface area contributed by atoms with E-state index in [0.29, 0.717) is 30.8 Å². The first-order valence-corrected chi connectivity index (χ1v) is 8.71. The number of nitrogens with zero attached hydrogens (tertiary/aromatic N) is 1. The van der Waals surface area contributed by atoms with Gasteiger partial charge in [0.1, 0.15) is 0 Å². The first kappa shape index (κ1) is 18.9. The van der Waals surface area contributed by atoms with Crippen LogP contribution in [0.15, 0.2) is 54.6 Å². The summed E-state index contributed by atoms with van der Waals surface area (Å²) in [4.78, 5) is 2.25. The van der Waals surface area contributed by atoms with E-state index >= 15 is 0 Å². The van der Waals surface area contributed by atoms with Crippen LogP contribution in [0.3, 0.4) is 0 Å². The lowest BCUT2D eigenvalue weighted by molar-refractivity contribution is 0.00316. The Labute approximate surface area is 149 Å². The number of hydrogen-bond acceptors (Lipinski definition) is 3. The van der Waals surface area contributed by atoms with Crippen LogP contribution in [0.5, 0.6) is 0 Å². The molecule has 0 fully saturated rings. The molecule has 0 unspecified atom stereocenters. The minimum absolute atomic E-state index is 0.295. The first-order valence-electron chi connectivity index (χ1n) is 8.33. The van der Waals surface area contributed by atoms with Crippen molar-refractivity contribution in [1.82, 2.24) is 4.90 Å². The summed E-state index contributed by atoms with van der Waals surface area (Å²) in [5.41, 5.74) is 2.19. The van der Waals surface area contributed by atoms with Gasteiger partial charge in [-0.2, -0.15) is 0 Å². The van der Waals surface area contributed by atoms with Crippen LogP contribution in [0.1, 0.15) is 25.0 Å². The lowest BCUT2D eigenvalue weighted by Crippen LogP contribution is -2.38. The molecule has 1 N–H and O–H groups in total. The van der Waals surface area contributed by atoms with Gasteiger partial charge in [0.05, 0.1) is 19.3 Å². The van der Waals surface area contributed by atoms with Gasteiger partial charge in [-0.1, -0.05) is 60.1 Å². The van der Waals surface area contributed by atoms with Crippen LogP contribution in [0.25, 0.3) is 0 Å². The molecule has 0 saturated heterocycles. The smallest absolute Gasteiger partial charge is 0.0900 e. The molecule has 0 spiro atoms. The van der Waals surface area contributed by atoms with Gasteiger partial charge in [0.2, 0.25) is 0 Å². The molecule has 24 heavy (non-hydrogen) atoms. The molecule has 0 amide bonds. The molecule has 0 radical (unpaired) electrons. The molecule has 0 aliphatic rings. The molecular formula is C20H26ClNO2. The van der Waals surface area contributed by atoms with Crippen molar-refractivity contribution in [2.45, 2.75) is 39.1 Å². The van der Waals surface area contributed by atoms with Gasteiger partial charge in [0, 0.05) is 24.2 Å². The standard InChI is InChI=1S/C20H26ClNO2/c1-16(2)22(12-17-8-4-3-5-9-17)13-19(23)15-24-14-18-10-6-7-11-20(18)21/h3-11,16,19,23H,12-15H2,1-2H3/t19-/m1/s1. The highest BCUT2D eigenvalue weighted by Crippen LogP contribution is 2.16. The van der Waals surface area contributed by atoms with Crippen molar-refractivity contribution in [2.24, 2.45) is 0 Å². The monoisotopic (exact) mass is 347 g/mol. The zero-order chi connectivity index (χ0) is 17.4.